The molecule has 0 fully saturated rings. The van der Waals surface area contributed by atoms with Crippen LogP contribution in [0.25, 0.3) is 0 Å². The fourth-order valence-corrected chi connectivity index (χ4v) is 2.00. The second kappa shape index (κ2) is 6.48. The van der Waals surface area contributed by atoms with Gasteiger partial charge in [0, 0.05) is 12.4 Å². The molecule has 1 aromatic rings. The number of anilines is 1. The fraction of sp³-hybridized carbons (Fsp3) is 0.600. The Morgan fingerprint density at radius 3 is 2.94 bits per heavy atom. The number of carbonyl (C=O) groups excluding carboxylic acids is 1. The van der Waals surface area contributed by atoms with Crippen molar-refractivity contribution in [1.29, 1.82) is 0 Å². The summed E-state index contributed by atoms with van der Waals surface area (Å²) >= 11 is 1.23. The molecule has 0 aliphatic carbocycles. The molecule has 0 aliphatic heterocycles. The quantitative estimate of drug-likeness (QED) is 0.736. The summed E-state index contributed by atoms with van der Waals surface area (Å²) in [4.78, 5) is 16.6. The number of esters is 1. The number of thiazole rings is 1. The second-order valence-electron chi connectivity index (χ2n) is 3.37. The van der Waals surface area contributed by atoms with Gasteiger partial charge in [0.1, 0.15) is 0 Å². The highest BCUT2D eigenvalue weighted by atomic mass is 32.1. The van der Waals surface area contributed by atoms with Gasteiger partial charge >= 0.3 is 5.97 Å². The standard InChI is InChI=1S/C10H14F2N2O2S/c1-3-16-9(15)4-7-6-17-10(13-7)14(2)5-8(11)12/h6,8H,3-5H2,1-2H3. The molecule has 1 rings (SSSR count). The molecule has 0 aromatic carbocycles. The summed E-state index contributed by atoms with van der Waals surface area (Å²) in [5.74, 6) is -0.360. The van der Waals surface area contributed by atoms with E-state index in [1.54, 1.807) is 19.4 Å². The van der Waals surface area contributed by atoms with Gasteiger partial charge in [-0.25, -0.2) is 13.8 Å². The molecule has 0 saturated carbocycles. The molecule has 0 atom stereocenters. The van der Waals surface area contributed by atoms with Crippen molar-refractivity contribution in [2.45, 2.75) is 19.8 Å². The van der Waals surface area contributed by atoms with E-state index >= 15 is 0 Å². The van der Waals surface area contributed by atoms with Crippen molar-refractivity contribution >= 4 is 22.4 Å². The molecular formula is C10H14F2N2O2S. The number of nitrogens with zero attached hydrogens (tertiary/aromatic N) is 2. The summed E-state index contributed by atoms with van der Waals surface area (Å²) in [7, 11) is 1.54. The van der Waals surface area contributed by atoms with Crippen LogP contribution in [-0.2, 0) is 16.0 Å². The minimum absolute atomic E-state index is 0.0762. The van der Waals surface area contributed by atoms with E-state index in [0.29, 0.717) is 17.4 Å². The summed E-state index contributed by atoms with van der Waals surface area (Å²) < 4.78 is 29.1. The van der Waals surface area contributed by atoms with E-state index in [4.69, 9.17) is 4.74 Å². The Hall–Kier alpha value is -1.24. The van der Waals surface area contributed by atoms with Crippen LogP contribution >= 0.6 is 11.3 Å². The van der Waals surface area contributed by atoms with Gasteiger partial charge in [0.15, 0.2) is 5.13 Å². The van der Waals surface area contributed by atoms with Crippen LogP contribution in [0, 0.1) is 0 Å². The third-order valence-corrected chi connectivity index (χ3v) is 2.91. The van der Waals surface area contributed by atoms with Crippen LogP contribution in [-0.4, -0.2) is 37.6 Å². The highest BCUT2D eigenvalue weighted by molar-refractivity contribution is 7.13. The maximum atomic E-state index is 12.1. The Labute approximate surface area is 102 Å². The summed E-state index contributed by atoms with van der Waals surface area (Å²) in [6, 6.07) is 0. The maximum absolute atomic E-state index is 12.1. The summed E-state index contributed by atoms with van der Waals surface area (Å²) in [6.07, 6.45) is -2.33. The average molecular weight is 264 g/mol. The molecule has 1 heterocycles. The minimum atomic E-state index is -2.41. The zero-order valence-electron chi connectivity index (χ0n) is 9.65. The van der Waals surface area contributed by atoms with Crippen LogP contribution in [0.1, 0.15) is 12.6 Å². The van der Waals surface area contributed by atoms with Gasteiger partial charge in [-0.2, -0.15) is 0 Å². The van der Waals surface area contributed by atoms with Crippen LogP contribution in [0.2, 0.25) is 0 Å². The lowest BCUT2D eigenvalue weighted by Gasteiger charge is -2.14. The lowest BCUT2D eigenvalue weighted by atomic mass is 10.3. The summed E-state index contributed by atoms with van der Waals surface area (Å²) in [5, 5.41) is 2.15. The normalized spacial score (nSPS) is 10.6. The van der Waals surface area contributed by atoms with Crippen molar-refractivity contribution < 1.29 is 18.3 Å². The smallest absolute Gasteiger partial charge is 0.311 e. The molecule has 0 bridgehead atoms. The predicted octanol–water partition coefficient (Wildman–Crippen LogP) is 1.95. The van der Waals surface area contributed by atoms with Gasteiger partial charge in [-0.1, -0.05) is 0 Å². The number of hydrogen-bond acceptors (Lipinski definition) is 5. The van der Waals surface area contributed by atoms with Crippen LogP contribution < -0.4 is 4.90 Å². The molecule has 0 saturated heterocycles. The zero-order chi connectivity index (χ0) is 12.8. The molecule has 0 spiro atoms. The van der Waals surface area contributed by atoms with E-state index < -0.39 is 6.43 Å². The van der Waals surface area contributed by atoms with Gasteiger partial charge in [0.2, 0.25) is 0 Å². The third-order valence-electron chi connectivity index (χ3n) is 1.91. The van der Waals surface area contributed by atoms with Crippen LogP contribution in [0.3, 0.4) is 0 Å². The molecular weight excluding hydrogens is 250 g/mol. The van der Waals surface area contributed by atoms with Crippen LogP contribution in [0.5, 0.6) is 0 Å². The van der Waals surface area contributed by atoms with Crippen molar-refractivity contribution in [2.75, 3.05) is 25.1 Å². The number of halogens is 2. The minimum Gasteiger partial charge on any atom is -0.466 e. The Morgan fingerprint density at radius 1 is 1.65 bits per heavy atom. The number of aromatic nitrogens is 1. The lowest BCUT2D eigenvalue weighted by Crippen LogP contribution is -2.23. The van der Waals surface area contributed by atoms with Gasteiger partial charge in [-0.15, -0.1) is 11.3 Å². The van der Waals surface area contributed by atoms with E-state index in [2.05, 4.69) is 4.98 Å². The first-order valence-corrected chi connectivity index (χ1v) is 6.00. The highest BCUT2D eigenvalue weighted by Crippen LogP contribution is 2.20. The van der Waals surface area contributed by atoms with Crippen LogP contribution in [0.4, 0.5) is 13.9 Å². The summed E-state index contributed by atoms with van der Waals surface area (Å²) in [5.41, 5.74) is 0.546. The van der Waals surface area contributed by atoms with Gasteiger partial charge in [-0.3, -0.25) is 4.79 Å². The maximum Gasteiger partial charge on any atom is 0.311 e. The van der Waals surface area contributed by atoms with E-state index in [-0.39, 0.29) is 18.9 Å². The van der Waals surface area contributed by atoms with Crippen molar-refractivity contribution in [1.82, 2.24) is 4.98 Å². The largest absolute Gasteiger partial charge is 0.466 e. The van der Waals surface area contributed by atoms with E-state index in [0.717, 1.165) is 0 Å². The number of alkyl halides is 2. The number of hydrogen-bond donors (Lipinski definition) is 0. The van der Waals surface area contributed by atoms with Crippen molar-refractivity contribution in [3.63, 3.8) is 0 Å². The van der Waals surface area contributed by atoms with Crippen LogP contribution in [0.15, 0.2) is 5.38 Å². The molecule has 0 aliphatic rings. The van der Waals surface area contributed by atoms with Gasteiger partial charge < -0.3 is 9.64 Å². The van der Waals surface area contributed by atoms with Crippen molar-refractivity contribution in [3.8, 4) is 0 Å². The SMILES string of the molecule is CCOC(=O)Cc1csc(N(C)CC(F)F)n1. The summed E-state index contributed by atoms with van der Waals surface area (Å²) in [6.45, 7) is 1.67. The highest BCUT2D eigenvalue weighted by Gasteiger charge is 2.13. The number of ether oxygens (including phenoxy) is 1. The van der Waals surface area contributed by atoms with Crippen molar-refractivity contribution in [3.05, 3.63) is 11.1 Å². The van der Waals surface area contributed by atoms with Gasteiger partial charge in [-0.05, 0) is 6.92 Å². The molecule has 0 amide bonds. The number of rotatable bonds is 6. The monoisotopic (exact) mass is 264 g/mol. The first-order chi connectivity index (χ1) is 8.02. The van der Waals surface area contributed by atoms with E-state index in [1.807, 2.05) is 0 Å². The average Bonchev–Trinajstić information content (AvgIpc) is 2.65. The first kappa shape index (κ1) is 13.8. The van der Waals surface area contributed by atoms with Gasteiger partial charge in [0.05, 0.1) is 25.3 Å². The second-order valence-corrected chi connectivity index (χ2v) is 4.21. The molecule has 0 radical (unpaired) electrons. The Kier molecular flexibility index (Phi) is 5.27. The lowest BCUT2D eigenvalue weighted by molar-refractivity contribution is -0.142. The third kappa shape index (κ3) is 4.64. The Balaban J connectivity index is 2.55. The molecule has 17 heavy (non-hydrogen) atoms. The molecule has 0 unspecified atom stereocenters. The Bertz CT molecular complexity index is 371. The molecule has 96 valence electrons. The zero-order valence-corrected chi connectivity index (χ0v) is 10.5. The van der Waals surface area contributed by atoms with Gasteiger partial charge in [0.25, 0.3) is 6.43 Å². The van der Waals surface area contributed by atoms with E-state index in [9.17, 15) is 13.6 Å². The van der Waals surface area contributed by atoms with E-state index in [1.165, 1.54) is 16.2 Å². The molecule has 7 heteroatoms. The topological polar surface area (TPSA) is 42.4 Å². The predicted molar refractivity (Wildman–Crippen MR) is 61.7 cm³/mol. The van der Waals surface area contributed by atoms with Crippen molar-refractivity contribution in [2.24, 2.45) is 0 Å². The molecule has 4 nitrogen and oxygen atoms in total. The first-order valence-electron chi connectivity index (χ1n) is 5.12. The number of carbonyl (C=O) groups is 1. The Morgan fingerprint density at radius 2 is 2.35 bits per heavy atom. The molecule has 0 N–H and O–H groups in total. The fourth-order valence-electron chi connectivity index (χ4n) is 1.20. The molecule has 1 aromatic heterocycles.